The number of likely N-dealkylation sites (N-methyl/N-ethyl adjacent to an activating group) is 1. The highest BCUT2D eigenvalue weighted by molar-refractivity contribution is 5.99. The molecule has 0 saturated heterocycles. The van der Waals surface area contributed by atoms with Crippen LogP contribution in [0.5, 0.6) is 11.5 Å². The monoisotopic (exact) mass is 355 g/mol. The summed E-state index contributed by atoms with van der Waals surface area (Å²) in [6.45, 7) is 0.296. The number of carbonyl (C=O) groups is 2. The summed E-state index contributed by atoms with van der Waals surface area (Å²) in [7, 11) is 3.09. The van der Waals surface area contributed by atoms with E-state index in [2.05, 4.69) is 0 Å². The molecule has 0 aliphatic carbocycles. The van der Waals surface area contributed by atoms with Crippen LogP contribution in [0, 0.1) is 0 Å². The van der Waals surface area contributed by atoms with Crippen LogP contribution in [0.1, 0.15) is 12.0 Å². The number of benzene rings is 2. The van der Waals surface area contributed by atoms with Crippen molar-refractivity contribution in [3.63, 3.8) is 0 Å². The van der Waals surface area contributed by atoms with Crippen LogP contribution < -0.4 is 14.4 Å². The third kappa shape index (κ3) is 3.79. The van der Waals surface area contributed by atoms with E-state index in [1.54, 1.807) is 18.0 Å². The summed E-state index contributed by atoms with van der Waals surface area (Å²) in [5.41, 5.74) is 1.51. The lowest BCUT2D eigenvalue weighted by Crippen LogP contribution is -2.44. The van der Waals surface area contributed by atoms with Crippen molar-refractivity contribution in [3.8, 4) is 11.5 Å². The smallest absolute Gasteiger partial charge is 0.310 e. The van der Waals surface area contributed by atoms with Crippen molar-refractivity contribution in [3.05, 3.63) is 54.1 Å². The lowest BCUT2D eigenvalue weighted by Gasteiger charge is -2.31. The average molecular weight is 355 g/mol. The summed E-state index contributed by atoms with van der Waals surface area (Å²) in [6.07, 6.45) is -0.0474. The van der Waals surface area contributed by atoms with Crippen LogP contribution in [0.2, 0.25) is 0 Å². The van der Waals surface area contributed by atoms with E-state index in [4.69, 9.17) is 14.2 Å². The molecular weight excluding hydrogens is 334 g/mol. The highest BCUT2D eigenvalue weighted by Gasteiger charge is 2.31. The maximum atomic E-state index is 12.5. The number of carbonyl (C=O) groups excluding carboxylic acids is 2. The first-order valence-electron chi connectivity index (χ1n) is 8.41. The van der Waals surface area contributed by atoms with E-state index in [1.807, 2.05) is 42.5 Å². The largest absolute Gasteiger partial charge is 0.493 e. The van der Waals surface area contributed by atoms with E-state index in [0.717, 1.165) is 11.3 Å². The summed E-state index contributed by atoms with van der Waals surface area (Å²) in [4.78, 5) is 25.6. The van der Waals surface area contributed by atoms with E-state index in [0.29, 0.717) is 24.5 Å². The zero-order valence-corrected chi connectivity index (χ0v) is 14.8. The van der Waals surface area contributed by atoms with Crippen molar-refractivity contribution < 1.29 is 23.8 Å². The number of hydrogen-bond acceptors (Lipinski definition) is 5. The molecule has 1 aliphatic rings. The van der Waals surface area contributed by atoms with Gasteiger partial charge in [-0.05, 0) is 18.2 Å². The third-order valence-electron chi connectivity index (χ3n) is 4.27. The van der Waals surface area contributed by atoms with Crippen LogP contribution in [-0.2, 0) is 20.7 Å². The number of anilines is 1. The summed E-state index contributed by atoms with van der Waals surface area (Å²) in [5.74, 6) is 0.862. The van der Waals surface area contributed by atoms with Gasteiger partial charge in [0.15, 0.2) is 6.10 Å². The quantitative estimate of drug-likeness (QED) is 0.745. The minimum absolute atomic E-state index is 0.102. The van der Waals surface area contributed by atoms with Gasteiger partial charge in [0.1, 0.15) is 11.5 Å². The van der Waals surface area contributed by atoms with Gasteiger partial charge in [0, 0.05) is 19.0 Å². The number of rotatable bonds is 6. The van der Waals surface area contributed by atoms with E-state index in [1.165, 1.54) is 7.11 Å². The van der Waals surface area contributed by atoms with Gasteiger partial charge < -0.3 is 19.1 Å². The first-order valence-corrected chi connectivity index (χ1v) is 8.41. The summed E-state index contributed by atoms with van der Waals surface area (Å²) in [5, 5.41) is 0. The van der Waals surface area contributed by atoms with Crippen LogP contribution >= 0.6 is 0 Å². The molecule has 6 heteroatoms. The normalized spacial score (nSPS) is 15.8. The highest BCUT2D eigenvalue weighted by atomic mass is 16.5. The number of para-hydroxylation sites is 3. The van der Waals surface area contributed by atoms with Crippen LogP contribution in [0.3, 0.4) is 0 Å². The number of hydrogen-bond donors (Lipinski definition) is 0. The maximum absolute atomic E-state index is 12.5. The van der Waals surface area contributed by atoms with E-state index in [-0.39, 0.29) is 18.3 Å². The first-order chi connectivity index (χ1) is 12.6. The molecule has 0 radical (unpaired) electrons. The zero-order valence-electron chi connectivity index (χ0n) is 14.8. The molecule has 0 N–H and O–H groups in total. The van der Waals surface area contributed by atoms with E-state index >= 15 is 0 Å². The molecule has 1 amide bonds. The minimum atomic E-state index is -0.595. The van der Waals surface area contributed by atoms with Crippen molar-refractivity contribution in [2.45, 2.75) is 18.9 Å². The topological polar surface area (TPSA) is 65.1 Å². The number of ether oxygens (including phenoxy) is 3. The molecule has 0 saturated carbocycles. The summed E-state index contributed by atoms with van der Waals surface area (Å²) < 4.78 is 16.3. The number of methoxy groups -OCH3 is 1. The highest BCUT2D eigenvalue weighted by Crippen LogP contribution is 2.33. The van der Waals surface area contributed by atoms with Gasteiger partial charge in [-0.15, -0.1) is 0 Å². The SMILES string of the molecule is COC(=O)Cc1ccccc1OCCC1Oc2ccccc2N(C)C1=O. The van der Waals surface area contributed by atoms with Crippen molar-refractivity contribution in [2.24, 2.45) is 0 Å². The van der Waals surface area contributed by atoms with Crippen LogP contribution in [-0.4, -0.2) is 38.7 Å². The summed E-state index contributed by atoms with van der Waals surface area (Å²) in [6, 6.07) is 14.7. The molecular formula is C20H21NO5. The van der Waals surface area contributed by atoms with Crippen LogP contribution in [0.25, 0.3) is 0 Å². The standard InChI is InChI=1S/C20H21NO5/c1-21-15-8-4-6-10-17(15)26-18(20(21)23)11-12-25-16-9-5-3-7-14(16)13-19(22)24-2/h3-10,18H,11-13H2,1-2H3. The first kappa shape index (κ1) is 17.8. The predicted molar refractivity (Wildman–Crippen MR) is 96.5 cm³/mol. The summed E-state index contributed by atoms with van der Waals surface area (Å²) >= 11 is 0. The van der Waals surface area contributed by atoms with Crippen LogP contribution in [0.4, 0.5) is 5.69 Å². The fraction of sp³-hybridized carbons (Fsp3) is 0.300. The maximum Gasteiger partial charge on any atom is 0.310 e. The molecule has 136 valence electrons. The Balaban J connectivity index is 1.62. The van der Waals surface area contributed by atoms with Crippen LogP contribution in [0.15, 0.2) is 48.5 Å². The second kappa shape index (κ2) is 7.91. The predicted octanol–water partition coefficient (Wildman–Crippen LogP) is 2.60. The minimum Gasteiger partial charge on any atom is -0.493 e. The van der Waals surface area contributed by atoms with Gasteiger partial charge in [0.2, 0.25) is 0 Å². The van der Waals surface area contributed by atoms with Gasteiger partial charge in [-0.1, -0.05) is 30.3 Å². The van der Waals surface area contributed by atoms with Gasteiger partial charge in [-0.3, -0.25) is 9.59 Å². The Morgan fingerprint density at radius 1 is 1.15 bits per heavy atom. The molecule has 1 aliphatic heterocycles. The van der Waals surface area contributed by atoms with Crippen molar-refractivity contribution in [1.82, 2.24) is 0 Å². The molecule has 0 aromatic heterocycles. The molecule has 0 bridgehead atoms. The fourth-order valence-corrected chi connectivity index (χ4v) is 2.85. The Bertz CT molecular complexity index is 804. The second-order valence-electron chi connectivity index (χ2n) is 5.97. The average Bonchev–Trinajstić information content (AvgIpc) is 2.67. The molecule has 0 spiro atoms. The van der Waals surface area contributed by atoms with Gasteiger partial charge in [-0.25, -0.2) is 0 Å². The third-order valence-corrected chi connectivity index (χ3v) is 4.27. The zero-order chi connectivity index (χ0) is 18.5. The number of esters is 1. The molecule has 6 nitrogen and oxygen atoms in total. The lowest BCUT2D eigenvalue weighted by molar-refractivity contribution is -0.139. The number of fused-ring (bicyclic) bond motifs is 1. The van der Waals surface area contributed by atoms with Crippen molar-refractivity contribution in [1.29, 1.82) is 0 Å². The number of amides is 1. The molecule has 1 unspecified atom stereocenters. The second-order valence-corrected chi connectivity index (χ2v) is 5.97. The van der Waals surface area contributed by atoms with Gasteiger partial charge in [-0.2, -0.15) is 0 Å². The number of nitrogens with zero attached hydrogens (tertiary/aromatic N) is 1. The Morgan fingerprint density at radius 3 is 2.69 bits per heavy atom. The van der Waals surface area contributed by atoms with Crippen molar-refractivity contribution in [2.75, 3.05) is 25.7 Å². The van der Waals surface area contributed by atoms with Crippen molar-refractivity contribution >= 4 is 17.6 Å². The van der Waals surface area contributed by atoms with E-state index in [9.17, 15) is 9.59 Å². The molecule has 0 fully saturated rings. The molecule has 2 aromatic rings. The van der Waals surface area contributed by atoms with E-state index < -0.39 is 6.10 Å². The molecule has 3 rings (SSSR count). The Kier molecular flexibility index (Phi) is 5.41. The Labute approximate surface area is 152 Å². The molecule has 26 heavy (non-hydrogen) atoms. The van der Waals surface area contributed by atoms with Gasteiger partial charge in [0.25, 0.3) is 5.91 Å². The Morgan fingerprint density at radius 2 is 1.88 bits per heavy atom. The van der Waals surface area contributed by atoms with Gasteiger partial charge >= 0.3 is 5.97 Å². The molecule has 2 aromatic carbocycles. The Hall–Kier alpha value is -3.02. The fourth-order valence-electron chi connectivity index (χ4n) is 2.85. The molecule has 1 atom stereocenters. The lowest BCUT2D eigenvalue weighted by atomic mass is 10.1. The van der Waals surface area contributed by atoms with Gasteiger partial charge in [0.05, 0.1) is 25.8 Å². The molecule has 1 heterocycles.